The zero-order valence-electron chi connectivity index (χ0n) is 6.99. The zero-order valence-corrected chi connectivity index (χ0v) is 6.99. The second-order valence-corrected chi connectivity index (χ2v) is 2.57. The summed E-state index contributed by atoms with van der Waals surface area (Å²) in [5, 5.41) is 0. The summed E-state index contributed by atoms with van der Waals surface area (Å²) in [5.74, 6) is 0. The van der Waals surface area contributed by atoms with E-state index < -0.39 is 0 Å². The van der Waals surface area contributed by atoms with Crippen LogP contribution in [-0.4, -0.2) is 18.4 Å². The Labute approximate surface area is 83.1 Å². The fourth-order valence-corrected chi connectivity index (χ4v) is 1.16. The van der Waals surface area contributed by atoms with Crippen molar-refractivity contribution >= 4 is 8.41 Å². The summed E-state index contributed by atoms with van der Waals surface area (Å²) >= 11 is 0. The summed E-state index contributed by atoms with van der Waals surface area (Å²) in [6.07, 6.45) is 4.84. The third-order valence-electron chi connectivity index (χ3n) is 1.71. The van der Waals surface area contributed by atoms with Gasteiger partial charge in [0.05, 0.1) is 8.41 Å². The van der Waals surface area contributed by atoms with Gasteiger partial charge in [0.15, 0.2) is 0 Å². The van der Waals surface area contributed by atoms with Crippen LogP contribution >= 0.6 is 0 Å². The Balaban J connectivity index is 0. The standard InChI is InChI=1S/C9H10N2.BH3.2FH/c1-3-8(10-5-1)7-9-4-2-6-11-9;;;/h1-6,10-11H,7H2;1H3;2*1H. The maximum atomic E-state index is 3.16. The van der Waals surface area contributed by atoms with Gasteiger partial charge < -0.3 is 9.97 Å². The molecule has 0 aromatic carbocycles. The molecule has 0 aliphatic heterocycles. The summed E-state index contributed by atoms with van der Waals surface area (Å²) in [4.78, 5) is 6.31. The lowest BCUT2D eigenvalue weighted by Crippen LogP contribution is -1.86. The van der Waals surface area contributed by atoms with E-state index in [2.05, 4.69) is 22.1 Å². The predicted octanol–water partition coefficient (Wildman–Crippen LogP) is 1.05. The highest BCUT2D eigenvalue weighted by Gasteiger charge is 1.94. The van der Waals surface area contributed by atoms with E-state index in [-0.39, 0.29) is 17.8 Å². The van der Waals surface area contributed by atoms with Crippen molar-refractivity contribution in [1.82, 2.24) is 9.97 Å². The van der Waals surface area contributed by atoms with Gasteiger partial charge in [-0.2, -0.15) is 0 Å². The highest BCUT2D eigenvalue weighted by Crippen LogP contribution is 2.03. The lowest BCUT2D eigenvalue weighted by molar-refractivity contribution is 1.05. The molecule has 0 amide bonds. The van der Waals surface area contributed by atoms with E-state index in [1.54, 1.807) is 0 Å². The normalized spacial score (nSPS) is 8.00. The monoisotopic (exact) mass is 200 g/mol. The van der Waals surface area contributed by atoms with Gasteiger partial charge in [0.1, 0.15) is 0 Å². The maximum absolute atomic E-state index is 3.16. The molecule has 0 aliphatic carbocycles. The van der Waals surface area contributed by atoms with Crippen molar-refractivity contribution in [3.63, 3.8) is 0 Å². The summed E-state index contributed by atoms with van der Waals surface area (Å²) in [7, 11) is 0. The van der Waals surface area contributed by atoms with Gasteiger partial charge >= 0.3 is 0 Å². The van der Waals surface area contributed by atoms with E-state index >= 15 is 0 Å². The summed E-state index contributed by atoms with van der Waals surface area (Å²) < 4.78 is 0. The molecule has 0 aliphatic rings. The highest BCUT2D eigenvalue weighted by atomic mass is 19.0. The molecular formula is C9H15BF2N2. The van der Waals surface area contributed by atoms with Crippen LogP contribution in [0.3, 0.4) is 0 Å². The number of hydrogen-bond donors (Lipinski definition) is 2. The molecule has 2 rings (SSSR count). The first kappa shape index (κ1) is 15.0. The lowest BCUT2D eigenvalue weighted by Gasteiger charge is -1.92. The van der Waals surface area contributed by atoms with Crippen molar-refractivity contribution < 1.29 is 9.41 Å². The van der Waals surface area contributed by atoms with Crippen LogP contribution in [-0.2, 0) is 6.42 Å². The van der Waals surface area contributed by atoms with E-state index in [4.69, 9.17) is 0 Å². The second-order valence-electron chi connectivity index (χ2n) is 2.57. The van der Waals surface area contributed by atoms with E-state index in [0.717, 1.165) is 6.42 Å². The average molecular weight is 200 g/mol. The Kier molecular flexibility index (Phi) is 7.43. The highest BCUT2D eigenvalue weighted by molar-refractivity contribution is 5.75. The van der Waals surface area contributed by atoms with E-state index in [1.807, 2.05) is 24.5 Å². The van der Waals surface area contributed by atoms with Gasteiger partial charge in [-0.25, -0.2) is 0 Å². The van der Waals surface area contributed by atoms with Crippen molar-refractivity contribution in [2.45, 2.75) is 6.42 Å². The first-order valence-corrected chi connectivity index (χ1v) is 3.70. The number of hydrogen-bond acceptors (Lipinski definition) is 0. The SMILES string of the molecule is B.F.F.c1c[nH]c(Cc2ccc[nH]2)c1. The molecule has 0 unspecified atom stereocenters. The van der Waals surface area contributed by atoms with Gasteiger partial charge in [-0.1, -0.05) is 0 Å². The average Bonchev–Trinajstić information content (AvgIpc) is 2.60. The van der Waals surface area contributed by atoms with Crippen molar-refractivity contribution in [3.05, 3.63) is 48.0 Å². The van der Waals surface area contributed by atoms with Gasteiger partial charge in [-0.3, -0.25) is 9.41 Å². The van der Waals surface area contributed by atoms with Crippen LogP contribution in [0.15, 0.2) is 36.7 Å². The molecule has 0 radical (unpaired) electrons. The van der Waals surface area contributed by atoms with Crippen LogP contribution in [0.5, 0.6) is 0 Å². The Hall–Kier alpha value is -1.52. The predicted molar refractivity (Wildman–Crippen MR) is 59.3 cm³/mol. The lowest BCUT2D eigenvalue weighted by atomic mass is 10.2. The third kappa shape index (κ3) is 3.47. The fourth-order valence-electron chi connectivity index (χ4n) is 1.16. The Bertz CT molecular complexity index is 273. The molecule has 0 saturated heterocycles. The molecule has 2 N–H and O–H groups in total. The molecule has 2 heterocycles. The number of H-pyrrole nitrogens is 2. The third-order valence-corrected chi connectivity index (χ3v) is 1.71. The van der Waals surface area contributed by atoms with Crippen molar-refractivity contribution in [2.24, 2.45) is 0 Å². The van der Waals surface area contributed by atoms with Crippen molar-refractivity contribution in [3.8, 4) is 0 Å². The van der Waals surface area contributed by atoms with Gasteiger partial charge in [0.25, 0.3) is 0 Å². The molecule has 14 heavy (non-hydrogen) atoms. The van der Waals surface area contributed by atoms with E-state index in [0.29, 0.717) is 0 Å². The minimum Gasteiger partial charge on any atom is -0.365 e. The Morgan fingerprint density at radius 1 is 0.857 bits per heavy atom. The Morgan fingerprint density at radius 3 is 1.57 bits per heavy atom. The van der Waals surface area contributed by atoms with Crippen molar-refractivity contribution in [2.75, 3.05) is 0 Å². The van der Waals surface area contributed by atoms with Crippen LogP contribution < -0.4 is 0 Å². The smallest absolute Gasteiger partial charge is 0.0814 e. The second kappa shape index (κ2) is 6.94. The topological polar surface area (TPSA) is 31.6 Å². The molecule has 0 fully saturated rings. The van der Waals surface area contributed by atoms with Crippen LogP contribution in [0, 0.1) is 0 Å². The molecule has 5 heteroatoms. The molecule has 78 valence electrons. The molecule has 2 aromatic rings. The van der Waals surface area contributed by atoms with Gasteiger partial charge in [0.2, 0.25) is 0 Å². The van der Waals surface area contributed by atoms with Crippen LogP contribution in [0.4, 0.5) is 9.41 Å². The largest absolute Gasteiger partial charge is 0.365 e. The minimum atomic E-state index is 0. The molecule has 0 atom stereocenters. The quantitative estimate of drug-likeness (QED) is 0.679. The molecule has 2 aromatic heterocycles. The zero-order chi connectivity index (χ0) is 7.52. The summed E-state index contributed by atoms with van der Waals surface area (Å²) in [5.41, 5.74) is 2.49. The van der Waals surface area contributed by atoms with E-state index in [1.165, 1.54) is 11.4 Å². The van der Waals surface area contributed by atoms with Crippen LogP contribution in [0.25, 0.3) is 0 Å². The first-order valence-electron chi connectivity index (χ1n) is 3.70. The number of aromatic amines is 2. The van der Waals surface area contributed by atoms with E-state index in [9.17, 15) is 0 Å². The number of rotatable bonds is 2. The number of aromatic nitrogens is 2. The summed E-state index contributed by atoms with van der Waals surface area (Å²) in [6, 6.07) is 8.19. The maximum Gasteiger partial charge on any atom is 0.0814 e. The van der Waals surface area contributed by atoms with Gasteiger partial charge in [-0.15, -0.1) is 0 Å². The van der Waals surface area contributed by atoms with Gasteiger partial charge in [-0.05, 0) is 24.3 Å². The summed E-state index contributed by atoms with van der Waals surface area (Å²) in [6.45, 7) is 0. The Morgan fingerprint density at radius 2 is 1.29 bits per heavy atom. The minimum absolute atomic E-state index is 0. The molecule has 0 spiro atoms. The molecule has 0 bridgehead atoms. The fraction of sp³-hybridized carbons (Fsp3) is 0.111. The van der Waals surface area contributed by atoms with Gasteiger partial charge in [0, 0.05) is 30.2 Å². The molecule has 0 saturated carbocycles. The molecular weight excluding hydrogens is 185 g/mol. The number of nitrogens with one attached hydrogen (secondary N) is 2. The van der Waals surface area contributed by atoms with Crippen LogP contribution in [0.1, 0.15) is 11.4 Å². The first-order chi connectivity index (χ1) is 5.45. The van der Waals surface area contributed by atoms with Crippen LogP contribution in [0.2, 0.25) is 0 Å². The van der Waals surface area contributed by atoms with Crippen molar-refractivity contribution in [1.29, 1.82) is 0 Å². The number of halogens is 2. The molecule has 2 nitrogen and oxygen atoms in total.